The number of carboxylic acids is 1. The molecular formula is C17H10F6O3. The van der Waals surface area contributed by atoms with Gasteiger partial charge in [0.2, 0.25) is 0 Å². The maximum absolute atomic E-state index is 13.2. The molecule has 0 bridgehead atoms. The number of carbonyl (C=O) groups is 1. The molecule has 0 saturated carbocycles. The first-order valence-electron chi connectivity index (χ1n) is 6.94. The second-order valence-corrected chi connectivity index (χ2v) is 5.05. The maximum Gasteiger partial charge on any atom is 0.573 e. The normalized spacial score (nSPS) is 12.4. The molecule has 2 aromatic rings. The van der Waals surface area contributed by atoms with E-state index in [1.807, 2.05) is 0 Å². The van der Waals surface area contributed by atoms with Gasteiger partial charge in [0.05, 0.1) is 5.56 Å². The van der Waals surface area contributed by atoms with Crippen molar-refractivity contribution in [2.75, 3.05) is 0 Å². The van der Waals surface area contributed by atoms with Gasteiger partial charge in [-0.25, -0.2) is 4.79 Å². The minimum Gasteiger partial charge on any atom is -0.478 e. The van der Waals surface area contributed by atoms with Crippen LogP contribution in [-0.4, -0.2) is 17.4 Å². The summed E-state index contributed by atoms with van der Waals surface area (Å²) in [4.78, 5) is 10.5. The van der Waals surface area contributed by atoms with E-state index in [1.165, 1.54) is 6.07 Å². The Kier molecular flexibility index (Phi) is 5.29. The van der Waals surface area contributed by atoms with Crippen LogP contribution in [0.5, 0.6) is 5.75 Å². The molecule has 0 aromatic heterocycles. The standard InChI is InChI=1S/C17H10F6O3/c18-16(19,20)14-6-4-10(5-7-15(24)25)8-13(14)11-2-1-3-12(9-11)26-17(21,22)23/h1-9H,(H,24,25)/b7-5+. The van der Waals surface area contributed by atoms with Crippen molar-refractivity contribution >= 4 is 12.0 Å². The largest absolute Gasteiger partial charge is 0.573 e. The fourth-order valence-corrected chi connectivity index (χ4v) is 2.18. The lowest BCUT2D eigenvalue weighted by Gasteiger charge is -2.15. The Morgan fingerprint density at radius 3 is 2.27 bits per heavy atom. The van der Waals surface area contributed by atoms with Crippen LogP contribution in [0.3, 0.4) is 0 Å². The molecule has 0 radical (unpaired) electrons. The van der Waals surface area contributed by atoms with Crippen LogP contribution in [0.4, 0.5) is 26.3 Å². The molecule has 0 fully saturated rings. The van der Waals surface area contributed by atoms with E-state index in [9.17, 15) is 31.1 Å². The van der Waals surface area contributed by atoms with E-state index in [-0.39, 0.29) is 11.1 Å². The van der Waals surface area contributed by atoms with Gasteiger partial charge < -0.3 is 9.84 Å². The zero-order valence-corrected chi connectivity index (χ0v) is 12.7. The van der Waals surface area contributed by atoms with Gasteiger partial charge in [-0.15, -0.1) is 13.2 Å². The van der Waals surface area contributed by atoms with Crippen LogP contribution in [0, 0.1) is 0 Å². The van der Waals surface area contributed by atoms with E-state index >= 15 is 0 Å². The third-order valence-electron chi connectivity index (χ3n) is 3.15. The van der Waals surface area contributed by atoms with Gasteiger partial charge in [0.25, 0.3) is 0 Å². The van der Waals surface area contributed by atoms with Crippen molar-refractivity contribution in [1.82, 2.24) is 0 Å². The Labute approximate surface area is 143 Å². The number of hydrogen-bond acceptors (Lipinski definition) is 2. The molecule has 0 spiro atoms. The predicted molar refractivity (Wildman–Crippen MR) is 80.2 cm³/mol. The van der Waals surface area contributed by atoms with Gasteiger partial charge in [0.1, 0.15) is 5.75 Å². The molecule has 0 amide bonds. The summed E-state index contributed by atoms with van der Waals surface area (Å²) >= 11 is 0. The summed E-state index contributed by atoms with van der Waals surface area (Å²) < 4.78 is 80.4. The summed E-state index contributed by atoms with van der Waals surface area (Å²) in [6, 6.07) is 6.92. The molecule has 0 aliphatic rings. The van der Waals surface area contributed by atoms with Crippen molar-refractivity contribution in [3.8, 4) is 16.9 Å². The topological polar surface area (TPSA) is 46.5 Å². The first-order chi connectivity index (χ1) is 12.0. The molecule has 138 valence electrons. The van der Waals surface area contributed by atoms with Crippen LogP contribution in [0.1, 0.15) is 11.1 Å². The number of alkyl halides is 6. The van der Waals surface area contributed by atoms with Crippen molar-refractivity contribution in [2.24, 2.45) is 0 Å². The number of rotatable bonds is 4. The maximum atomic E-state index is 13.2. The fraction of sp³-hybridized carbons (Fsp3) is 0.118. The summed E-state index contributed by atoms with van der Waals surface area (Å²) in [7, 11) is 0. The minimum atomic E-state index is -4.99. The number of benzene rings is 2. The average molecular weight is 376 g/mol. The molecule has 1 N–H and O–H groups in total. The van der Waals surface area contributed by atoms with Gasteiger partial charge in [-0.2, -0.15) is 13.2 Å². The molecule has 9 heteroatoms. The van der Waals surface area contributed by atoms with Crippen molar-refractivity contribution in [1.29, 1.82) is 0 Å². The van der Waals surface area contributed by atoms with Crippen LogP contribution >= 0.6 is 0 Å². The van der Waals surface area contributed by atoms with Crippen molar-refractivity contribution in [3.63, 3.8) is 0 Å². The molecule has 0 aliphatic heterocycles. The Balaban J connectivity index is 2.56. The second-order valence-electron chi connectivity index (χ2n) is 5.05. The highest BCUT2D eigenvalue weighted by Gasteiger charge is 2.34. The Morgan fingerprint density at radius 1 is 1.00 bits per heavy atom. The Bertz CT molecular complexity index is 837. The third-order valence-corrected chi connectivity index (χ3v) is 3.15. The highest BCUT2D eigenvalue weighted by molar-refractivity contribution is 5.86. The lowest BCUT2D eigenvalue weighted by atomic mass is 9.96. The lowest BCUT2D eigenvalue weighted by molar-refractivity contribution is -0.274. The number of halogens is 6. The number of ether oxygens (including phenoxy) is 1. The summed E-state index contributed by atoms with van der Waals surface area (Å²) in [5, 5.41) is 8.60. The van der Waals surface area contributed by atoms with Crippen LogP contribution in [0.25, 0.3) is 17.2 Å². The number of carboxylic acid groups (broad SMARTS) is 1. The van der Waals surface area contributed by atoms with E-state index in [0.29, 0.717) is 0 Å². The molecule has 0 saturated heterocycles. The van der Waals surface area contributed by atoms with Crippen LogP contribution in [-0.2, 0) is 11.0 Å². The summed E-state index contributed by atoms with van der Waals surface area (Å²) in [5.74, 6) is -1.97. The molecule has 0 aliphatic carbocycles. The summed E-state index contributed by atoms with van der Waals surface area (Å²) in [5.41, 5.74) is -1.51. The highest BCUT2D eigenvalue weighted by atomic mass is 19.4. The first kappa shape index (κ1) is 19.4. The van der Waals surface area contributed by atoms with Gasteiger partial charge in [-0.05, 0) is 47.0 Å². The molecule has 26 heavy (non-hydrogen) atoms. The number of hydrogen-bond donors (Lipinski definition) is 1. The van der Waals surface area contributed by atoms with E-state index < -0.39 is 35.4 Å². The number of aliphatic carboxylic acids is 1. The van der Waals surface area contributed by atoms with Crippen LogP contribution < -0.4 is 4.74 Å². The van der Waals surface area contributed by atoms with Gasteiger partial charge in [0, 0.05) is 6.08 Å². The fourth-order valence-electron chi connectivity index (χ4n) is 2.18. The SMILES string of the molecule is O=C(O)/C=C/c1ccc(C(F)(F)F)c(-c2cccc(OC(F)(F)F)c2)c1. The molecule has 3 nitrogen and oxygen atoms in total. The summed E-state index contributed by atoms with van der Waals surface area (Å²) in [6.07, 6.45) is -7.94. The van der Waals surface area contributed by atoms with Crippen molar-refractivity contribution in [3.05, 3.63) is 59.7 Å². The lowest BCUT2D eigenvalue weighted by Crippen LogP contribution is -2.17. The molecule has 0 atom stereocenters. The van der Waals surface area contributed by atoms with E-state index in [1.54, 1.807) is 0 Å². The first-order valence-corrected chi connectivity index (χ1v) is 6.94. The molecule has 2 aromatic carbocycles. The Morgan fingerprint density at radius 2 is 1.69 bits per heavy atom. The molecule has 2 rings (SSSR count). The zero-order chi connectivity index (χ0) is 19.5. The van der Waals surface area contributed by atoms with E-state index in [4.69, 9.17) is 5.11 Å². The molecule has 0 unspecified atom stereocenters. The van der Waals surface area contributed by atoms with Crippen molar-refractivity contribution < 1.29 is 41.0 Å². The van der Waals surface area contributed by atoms with Crippen LogP contribution in [0.2, 0.25) is 0 Å². The molecule has 0 heterocycles. The van der Waals surface area contributed by atoms with Gasteiger partial charge >= 0.3 is 18.5 Å². The van der Waals surface area contributed by atoms with Gasteiger partial charge in [0.15, 0.2) is 0 Å². The van der Waals surface area contributed by atoms with Crippen LogP contribution in [0.15, 0.2) is 48.5 Å². The molecular weight excluding hydrogens is 366 g/mol. The van der Waals surface area contributed by atoms with Crippen molar-refractivity contribution in [2.45, 2.75) is 12.5 Å². The van der Waals surface area contributed by atoms with Gasteiger partial charge in [-0.3, -0.25) is 0 Å². The van der Waals surface area contributed by atoms with E-state index in [2.05, 4.69) is 4.74 Å². The third kappa shape index (κ3) is 5.27. The monoisotopic (exact) mass is 376 g/mol. The summed E-state index contributed by atoms with van der Waals surface area (Å²) in [6.45, 7) is 0. The van der Waals surface area contributed by atoms with E-state index in [0.717, 1.165) is 48.6 Å². The Hall–Kier alpha value is -2.97. The smallest absolute Gasteiger partial charge is 0.478 e. The average Bonchev–Trinajstić information content (AvgIpc) is 2.50. The minimum absolute atomic E-state index is 0.137. The predicted octanol–water partition coefficient (Wildman–Crippen LogP) is 5.37. The second kappa shape index (κ2) is 7.11. The zero-order valence-electron chi connectivity index (χ0n) is 12.7. The quantitative estimate of drug-likeness (QED) is 0.577. The highest BCUT2D eigenvalue weighted by Crippen LogP contribution is 2.39. The van der Waals surface area contributed by atoms with Gasteiger partial charge in [-0.1, -0.05) is 18.2 Å².